The van der Waals surface area contributed by atoms with Crippen LogP contribution in [-0.4, -0.2) is 25.8 Å². The summed E-state index contributed by atoms with van der Waals surface area (Å²) in [5, 5.41) is 0. The minimum absolute atomic E-state index is 0.435. The Morgan fingerprint density at radius 3 is 1.38 bits per heavy atom. The van der Waals surface area contributed by atoms with Crippen molar-refractivity contribution in [2.24, 2.45) is 0 Å². The number of hydrogen-bond acceptors (Lipinski definition) is 4. The summed E-state index contributed by atoms with van der Waals surface area (Å²) >= 11 is 0. The number of ether oxygens (including phenoxy) is 2. The lowest BCUT2D eigenvalue weighted by Crippen LogP contribution is -2.04. The van der Waals surface area contributed by atoms with Crippen LogP contribution in [0.15, 0.2) is 12.1 Å². The highest BCUT2D eigenvalue weighted by Gasteiger charge is 2.12. The summed E-state index contributed by atoms with van der Waals surface area (Å²) in [7, 11) is 0. The second-order valence-corrected chi connectivity index (χ2v) is 6.69. The van der Waals surface area contributed by atoms with E-state index in [4.69, 9.17) is 9.47 Å². The summed E-state index contributed by atoms with van der Waals surface area (Å²) in [5.41, 5.74) is 0.871. The molecular formula is C22H34O4. The fraction of sp³-hybridized carbons (Fsp3) is 0.636. The number of aldehydes is 2. The standard InChI is InChI=1S/C22H34O4/c1-3-5-7-9-11-13-25-21-15-20(18-24)22(16-19(21)17-23)26-14-12-10-8-6-4-2/h15-18H,3-14H2,1-2H3. The molecule has 0 saturated carbocycles. The van der Waals surface area contributed by atoms with Gasteiger partial charge < -0.3 is 9.47 Å². The maximum atomic E-state index is 11.4. The third kappa shape index (κ3) is 8.50. The molecule has 0 aliphatic heterocycles. The summed E-state index contributed by atoms with van der Waals surface area (Å²) in [6.45, 7) is 5.48. The van der Waals surface area contributed by atoms with E-state index in [0.717, 1.165) is 38.3 Å². The van der Waals surface area contributed by atoms with E-state index in [1.165, 1.54) is 38.5 Å². The van der Waals surface area contributed by atoms with Gasteiger partial charge in [0.1, 0.15) is 11.5 Å². The molecule has 0 heterocycles. The van der Waals surface area contributed by atoms with Crippen molar-refractivity contribution in [2.45, 2.75) is 78.1 Å². The molecule has 4 nitrogen and oxygen atoms in total. The van der Waals surface area contributed by atoms with Crippen LogP contribution < -0.4 is 9.47 Å². The van der Waals surface area contributed by atoms with Crippen molar-refractivity contribution in [1.29, 1.82) is 0 Å². The molecule has 146 valence electrons. The highest BCUT2D eigenvalue weighted by molar-refractivity contribution is 5.87. The molecular weight excluding hydrogens is 328 g/mol. The van der Waals surface area contributed by atoms with Crippen molar-refractivity contribution >= 4 is 12.6 Å². The van der Waals surface area contributed by atoms with Gasteiger partial charge in [0.2, 0.25) is 0 Å². The minimum atomic E-state index is 0.435. The van der Waals surface area contributed by atoms with Crippen LogP contribution in [0, 0.1) is 0 Å². The quantitative estimate of drug-likeness (QED) is 0.267. The molecule has 0 aliphatic carbocycles. The van der Waals surface area contributed by atoms with Crippen LogP contribution in [0.2, 0.25) is 0 Å². The zero-order valence-electron chi connectivity index (χ0n) is 16.4. The predicted molar refractivity (Wildman–Crippen MR) is 106 cm³/mol. The summed E-state index contributed by atoms with van der Waals surface area (Å²) in [6, 6.07) is 3.24. The number of carbonyl (C=O) groups is 2. The van der Waals surface area contributed by atoms with Gasteiger partial charge in [0.25, 0.3) is 0 Å². The molecule has 0 unspecified atom stereocenters. The molecule has 0 atom stereocenters. The predicted octanol–water partition coefficient (Wildman–Crippen LogP) is 6.01. The Bertz CT molecular complexity index is 477. The Morgan fingerprint density at radius 2 is 1.04 bits per heavy atom. The lowest BCUT2D eigenvalue weighted by molar-refractivity contribution is 0.110. The van der Waals surface area contributed by atoms with E-state index >= 15 is 0 Å². The molecule has 0 bridgehead atoms. The second kappa shape index (κ2) is 14.3. The Morgan fingerprint density at radius 1 is 0.654 bits per heavy atom. The van der Waals surface area contributed by atoms with Gasteiger partial charge in [-0.3, -0.25) is 9.59 Å². The Labute approximate surface area is 158 Å². The number of hydrogen-bond donors (Lipinski definition) is 0. The normalized spacial score (nSPS) is 10.5. The maximum absolute atomic E-state index is 11.4. The Kier molecular flexibility index (Phi) is 12.2. The largest absolute Gasteiger partial charge is 0.493 e. The summed E-state index contributed by atoms with van der Waals surface area (Å²) in [5.74, 6) is 0.931. The van der Waals surface area contributed by atoms with E-state index < -0.39 is 0 Å². The highest BCUT2D eigenvalue weighted by Crippen LogP contribution is 2.27. The van der Waals surface area contributed by atoms with E-state index in [9.17, 15) is 9.59 Å². The van der Waals surface area contributed by atoms with Gasteiger partial charge in [-0.15, -0.1) is 0 Å². The van der Waals surface area contributed by atoms with Crippen LogP contribution in [0.5, 0.6) is 11.5 Å². The van der Waals surface area contributed by atoms with Gasteiger partial charge >= 0.3 is 0 Å². The van der Waals surface area contributed by atoms with Crippen molar-refractivity contribution in [3.05, 3.63) is 23.3 Å². The van der Waals surface area contributed by atoms with Crippen molar-refractivity contribution in [3.63, 3.8) is 0 Å². The summed E-state index contributed by atoms with van der Waals surface area (Å²) in [4.78, 5) is 22.8. The number of rotatable bonds is 16. The molecule has 0 spiro atoms. The Hall–Kier alpha value is -1.84. The zero-order chi connectivity index (χ0) is 19.0. The van der Waals surface area contributed by atoms with Gasteiger partial charge in [0.15, 0.2) is 12.6 Å². The van der Waals surface area contributed by atoms with Crippen molar-refractivity contribution < 1.29 is 19.1 Å². The van der Waals surface area contributed by atoms with Crippen LogP contribution in [0.25, 0.3) is 0 Å². The van der Waals surface area contributed by atoms with Gasteiger partial charge in [0.05, 0.1) is 24.3 Å². The third-order valence-electron chi connectivity index (χ3n) is 4.41. The lowest BCUT2D eigenvalue weighted by atomic mass is 10.1. The molecule has 1 rings (SSSR count). The maximum Gasteiger partial charge on any atom is 0.153 e. The van der Waals surface area contributed by atoms with Crippen LogP contribution in [-0.2, 0) is 0 Å². The number of carbonyl (C=O) groups excluding carboxylic acids is 2. The van der Waals surface area contributed by atoms with Crippen molar-refractivity contribution in [2.75, 3.05) is 13.2 Å². The molecule has 0 fully saturated rings. The average Bonchev–Trinajstić information content (AvgIpc) is 2.67. The van der Waals surface area contributed by atoms with E-state index in [2.05, 4.69) is 13.8 Å². The third-order valence-corrected chi connectivity index (χ3v) is 4.41. The minimum Gasteiger partial charge on any atom is -0.493 e. The molecule has 0 aromatic heterocycles. The van der Waals surface area contributed by atoms with Crippen LogP contribution in [0.1, 0.15) is 98.8 Å². The van der Waals surface area contributed by atoms with Crippen molar-refractivity contribution in [1.82, 2.24) is 0 Å². The molecule has 1 aromatic rings. The van der Waals surface area contributed by atoms with E-state index in [-0.39, 0.29) is 0 Å². The first kappa shape index (κ1) is 22.2. The smallest absolute Gasteiger partial charge is 0.153 e. The van der Waals surface area contributed by atoms with E-state index in [1.54, 1.807) is 12.1 Å². The van der Waals surface area contributed by atoms with Gasteiger partial charge in [-0.05, 0) is 25.0 Å². The van der Waals surface area contributed by atoms with Crippen molar-refractivity contribution in [3.8, 4) is 11.5 Å². The average molecular weight is 363 g/mol. The topological polar surface area (TPSA) is 52.6 Å². The van der Waals surface area contributed by atoms with Gasteiger partial charge in [-0.2, -0.15) is 0 Å². The van der Waals surface area contributed by atoms with Crippen LogP contribution in [0.4, 0.5) is 0 Å². The SMILES string of the molecule is CCCCCCCOc1cc(C=O)c(OCCCCCCC)cc1C=O. The zero-order valence-corrected chi connectivity index (χ0v) is 16.4. The molecule has 0 aliphatic rings. The molecule has 26 heavy (non-hydrogen) atoms. The fourth-order valence-corrected chi connectivity index (χ4v) is 2.80. The lowest BCUT2D eigenvalue weighted by Gasteiger charge is -2.13. The van der Waals surface area contributed by atoms with Gasteiger partial charge in [0, 0.05) is 0 Å². The first-order valence-corrected chi connectivity index (χ1v) is 10.1. The first-order valence-electron chi connectivity index (χ1n) is 10.1. The molecule has 4 heteroatoms. The molecule has 0 radical (unpaired) electrons. The highest BCUT2D eigenvalue weighted by atomic mass is 16.5. The van der Waals surface area contributed by atoms with Gasteiger partial charge in [-0.25, -0.2) is 0 Å². The number of benzene rings is 1. The van der Waals surface area contributed by atoms with Crippen LogP contribution in [0.3, 0.4) is 0 Å². The molecule has 0 saturated heterocycles. The molecule has 0 amide bonds. The first-order chi connectivity index (χ1) is 12.8. The van der Waals surface area contributed by atoms with E-state index in [0.29, 0.717) is 35.8 Å². The monoisotopic (exact) mass is 362 g/mol. The van der Waals surface area contributed by atoms with Crippen LogP contribution >= 0.6 is 0 Å². The number of unbranched alkanes of at least 4 members (excludes halogenated alkanes) is 8. The second-order valence-electron chi connectivity index (χ2n) is 6.69. The van der Waals surface area contributed by atoms with E-state index in [1.807, 2.05) is 0 Å². The molecule has 1 aromatic carbocycles. The Balaban J connectivity index is 2.56. The fourth-order valence-electron chi connectivity index (χ4n) is 2.80. The van der Waals surface area contributed by atoms with Gasteiger partial charge in [-0.1, -0.05) is 65.2 Å². The summed E-state index contributed by atoms with van der Waals surface area (Å²) in [6.07, 6.45) is 12.9. The summed E-state index contributed by atoms with van der Waals surface area (Å²) < 4.78 is 11.5. The molecule has 0 N–H and O–H groups in total.